The summed E-state index contributed by atoms with van der Waals surface area (Å²) in [7, 11) is 0. The molecule has 2 rings (SSSR count). The Kier molecular flexibility index (Phi) is 8.83. The van der Waals surface area contributed by atoms with Gasteiger partial charge >= 0.3 is 0 Å². The third-order valence-corrected chi connectivity index (χ3v) is 5.11. The van der Waals surface area contributed by atoms with E-state index in [9.17, 15) is 5.11 Å². The fourth-order valence-electron chi connectivity index (χ4n) is 3.32. The van der Waals surface area contributed by atoms with Gasteiger partial charge in [-0.25, -0.2) is 0 Å². The highest BCUT2D eigenvalue weighted by molar-refractivity contribution is 5.26. The molecule has 1 N–H and O–H groups in total. The van der Waals surface area contributed by atoms with Crippen LogP contribution in [0, 0.1) is 12.8 Å². The minimum atomic E-state index is -0.296. The zero-order chi connectivity index (χ0) is 19.6. The van der Waals surface area contributed by atoms with Crippen molar-refractivity contribution in [3.8, 4) is 0 Å². The molecule has 1 atom stereocenters. The standard InChI is InChI=1S/C24H36N2O/c1-5-6-13-24(27)19-25(16-14-20(2)3)18-23-12-9-15-26(23)17-22-11-8-7-10-21(22)4/h5,7-12,15,20,24,27H,1,6,13-14,16-19H2,2-4H3. The monoisotopic (exact) mass is 368 g/mol. The average Bonchev–Trinajstić information content (AvgIpc) is 3.06. The van der Waals surface area contributed by atoms with Crippen molar-refractivity contribution in [2.24, 2.45) is 5.92 Å². The zero-order valence-electron chi connectivity index (χ0n) is 17.3. The Morgan fingerprint density at radius 3 is 2.63 bits per heavy atom. The van der Waals surface area contributed by atoms with Gasteiger partial charge in [-0.05, 0) is 61.9 Å². The maximum Gasteiger partial charge on any atom is 0.0670 e. The Balaban J connectivity index is 2.06. The molecule has 0 fully saturated rings. The van der Waals surface area contributed by atoms with Crippen molar-refractivity contribution in [2.75, 3.05) is 13.1 Å². The topological polar surface area (TPSA) is 28.4 Å². The van der Waals surface area contributed by atoms with Crippen molar-refractivity contribution < 1.29 is 5.11 Å². The molecule has 148 valence electrons. The van der Waals surface area contributed by atoms with E-state index < -0.39 is 0 Å². The molecule has 27 heavy (non-hydrogen) atoms. The second kappa shape index (κ2) is 11.1. The van der Waals surface area contributed by atoms with E-state index in [-0.39, 0.29) is 6.10 Å². The molecule has 1 aromatic heterocycles. The van der Waals surface area contributed by atoms with Gasteiger partial charge in [0.15, 0.2) is 0 Å². The Hall–Kier alpha value is -1.84. The number of aliphatic hydroxyl groups excluding tert-OH is 1. The Morgan fingerprint density at radius 1 is 1.15 bits per heavy atom. The lowest BCUT2D eigenvalue weighted by molar-refractivity contribution is 0.0982. The number of aliphatic hydroxyl groups is 1. The van der Waals surface area contributed by atoms with Crippen molar-refractivity contribution in [1.29, 1.82) is 0 Å². The van der Waals surface area contributed by atoms with E-state index in [0.717, 1.165) is 45.4 Å². The van der Waals surface area contributed by atoms with E-state index in [1.165, 1.54) is 16.8 Å². The Morgan fingerprint density at radius 2 is 1.93 bits per heavy atom. The van der Waals surface area contributed by atoms with Crippen LogP contribution < -0.4 is 0 Å². The van der Waals surface area contributed by atoms with Gasteiger partial charge in [0, 0.05) is 31.5 Å². The lowest BCUT2D eigenvalue weighted by Gasteiger charge is -2.26. The minimum absolute atomic E-state index is 0.296. The molecular weight excluding hydrogens is 332 g/mol. The molecular formula is C24H36N2O. The van der Waals surface area contributed by atoms with Crippen LogP contribution in [0.5, 0.6) is 0 Å². The van der Waals surface area contributed by atoms with Crippen molar-refractivity contribution in [2.45, 2.75) is 59.2 Å². The van der Waals surface area contributed by atoms with Crippen LogP contribution >= 0.6 is 0 Å². The normalized spacial score (nSPS) is 12.7. The number of allylic oxidation sites excluding steroid dienone is 1. The first-order chi connectivity index (χ1) is 13.0. The summed E-state index contributed by atoms with van der Waals surface area (Å²) in [6, 6.07) is 12.9. The number of hydrogen-bond acceptors (Lipinski definition) is 2. The van der Waals surface area contributed by atoms with E-state index in [1.54, 1.807) is 0 Å². The maximum absolute atomic E-state index is 10.4. The van der Waals surface area contributed by atoms with Crippen LogP contribution in [0.25, 0.3) is 0 Å². The summed E-state index contributed by atoms with van der Waals surface area (Å²) >= 11 is 0. The Labute approximate surface area is 165 Å². The van der Waals surface area contributed by atoms with Crippen molar-refractivity contribution in [3.63, 3.8) is 0 Å². The maximum atomic E-state index is 10.4. The van der Waals surface area contributed by atoms with Crippen LogP contribution in [0.1, 0.15) is 49.9 Å². The van der Waals surface area contributed by atoms with E-state index >= 15 is 0 Å². The zero-order valence-corrected chi connectivity index (χ0v) is 17.3. The van der Waals surface area contributed by atoms with Crippen LogP contribution in [0.15, 0.2) is 55.3 Å². The SMILES string of the molecule is C=CCCC(O)CN(CCC(C)C)Cc1cccn1Cc1ccccc1C. The van der Waals surface area contributed by atoms with Gasteiger partial charge in [-0.2, -0.15) is 0 Å². The summed E-state index contributed by atoms with van der Waals surface area (Å²) in [5.74, 6) is 0.663. The molecule has 0 amide bonds. The molecule has 0 bridgehead atoms. The lowest BCUT2D eigenvalue weighted by atomic mass is 10.1. The summed E-state index contributed by atoms with van der Waals surface area (Å²) in [6.45, 7) is 13.9. The largest absolute Gasteiger partial charge is 0.392 e. The van der Waals surface area contributed by atoms with E-state index in [0.29, 0.717) is 5.92 Å². The second-order valence-corrected chi connectivity index (χ2v) is 7.99. The molecule has 1 heterocycles. The molecule has 1 unspecified atom stereocenters. The molecule has 0 aliphatic carbocycles. The molecule has 3 heteroatoms. The lowest BCUT2D eigenvalue weighted by Crippen LogP contribution is -2.34. The van der Waals surface area contributed by atoms with Gasteiger partial charge in [0.2, 0.25) is 0 Å². The summed E-state index contributed by atoms with van der Waals surface area (Å²) in [6.07, 6.45) is 6.54. The molecule has 0 saturated carbocycles. The summed E-state index contributed by atoms with van der Waals surface area (Å²) < 4.78 is 2.33. The van der Waals surface area contributed by atoms with Crippen LogP contribution in [0.2, 0.25) is 0 Å². The number of rotatable bonds is 12. The first-order valence-corrected chi connectivity index (χ1v) is 10.2. The molecule has 3 nitrogen and oxygen atoms in total. The van der Waals surface area contributed by atoms with E-state index in [2.05, 4.69) is 79.4 Å². The molecule has 0 aliphatic rings. The van der Waals surface area contributed by atoms with Crippen LogP contribution in [0.4, 0.5) is 0 Å². The van der Waals surface area contributed by atoms with Crippen molar-refractivity contribution in [1.82, 2.24) is 9.47 Å². The van der Waals surface area contributed by atoms with Gasteiger partial charge in [0.05, 0.1) is 6.10 Å². The second-order valence-electron chi connectivity index (χ2n) is 7.99. The predicted octanol–water partition coefficient (Wildman–Crippen LogP) is 5.02. The van der Waals surface area contributed by atoms with Crippen molar-refractivity contribution in [3.05, 3.63) is 72.1 Å². The number of nitrogens with zero attached hydrogens (tertiary/aromatic N) is 2. The van der Waals surface area contributed by atoms with Crippen molar-refractivity contribution >= 4 is 0 Å². The third-order valence-electron chi connectivity index (χ3n) is 5.11. The van der Waals surface area contributed by atoms with Gasteiger partial charge in [0.25, 0.3) is 0 Å². The predicted molar refractivity (Wildman–Crippen MR) is 115 cm³/mol. The number of benzene rings is 1. The quantitative estimate of drug-likeness (QED) is 0.533. The summed E-state index contributed by atoms with van der Waals surface area (Å²) in [5, 5.41) is 10.4. The summed E-state index contributed by atoms with van der Waals surface area (Å²) in [5.41, 5.74) is 3.99. The van der Waals surface area contributed by atoms with Gasteiger partial charge in [-0.1, -0.05) is 44.2 Å². The van der Waals surface area contributed by atoms with Crippen LogP contribution in [-0.4, -0.2) is 33.8 Å². The molecule has 0 spiro atoms. The summed E-state index contributed by atoms with van der Waals surface area (Å²) in [4.78, 5) is 2.40. The van der Waals surface area contributed by atoms with Crippen LogP contribution in [0.3, 0.4) is 0 Å². The van der Waals surface area contributed by atoms with Crippen LogP contribution in [-0.2, 0) is 13.1 Å². The van der Waals surface area contributed by atoms with Gasteiger partial charge in [-0.15, -0.1) is 6.58 Å². The Bertz CT molecular complexity index is 689. The average molecular weight is 369 g/mol. The molecule has 1 aromatic carbocycles. The number of hydrogen-bond donors (Lipinski definition) is 1. The highest BCUT2D eigenvalue weighted by Gasteiger charge is 2.14. The third kappa shape index (κ3) is 7.36. The van der Waals surface area contributed by atoms with E-state index in [1.807, 2.05) is 6.08 Å². The first-order valence-electron chi connectivity index (χ1n) is 10.2. The minimum Gasteiger partial charge on any atom is -0.392 e. The fourth-order valence-corrected chi connectivity index (χ4v) is 3.32. The smallest absolute Gasteiger partial charge is 0.0670 e. The first kappa shape index (κ1) is 21.5. The van der Waals surface area contributed by atoms with E-state index in [4.69, 9.17) is 0 Å². The van der Waals surface area contributed by atoms with Gasteiger partial charge in [0.1, 0.15) is 0 Å². The molecule has 2 aromatic rings. The number of aryl methyl sites for hydroxylation is 1. The fraction of sp³-hybridized carbons (Fsp3) is 0.500. The highest BCUT2D eigenvalue weighted by atomic mass is 16.3. The van der Waals surface area contributed by atoms with Gasteiger partial charge in [-0.3, -0.25) is 4.90 Å². The molecule has 0 saturated heterocycles. The number of aromatic nitrogens is 1. The molecule has 0 radical (unpaired) electrons. The van der Waals surface area contributed by atoms with Gasteiger partial charge < -0.3 is 9.67 Å². The molecule has 0 aliphatic heterocycles. The highest BCUT2D eigenvalue weighted by Crippen LogP contribution is 2.15.